The maximum absolute atomic E-state index is 11.9. The molecule has 1 saturated heterocycles. The van der Waals surface area contributed by atoms with Crippen molar-refractivity contribution in [3.05, 3.63) is 59.2 Å². The highest BCUT2D eigenvalue weighted by atomic mass is 16.1. The Morgan fingerprint density at radius 3 is 3.00 bits per heavy atom. The summed E-state index contributed by atoms with van der Waals surface area (Å²) in [5.41, 5.74) is 4.50. The molecule has 7 rings (SSSR count). The van der Waals surface area contributed by atoms with Crippen LogP contribution < -0.4 is 5.32 Å². The van der Waals surface area contributed by atoms with Crippen LogP contribution in [0, 0.1) is 5.41 Å². The van der Waals surface area contributed by atoms with Crippen LogP contribution in [0.4, 0.5) is 0 Å². The zero-order chi connectivity index (χ0) is 20.7. The van der Waals surface area contributed by atoms with Crippen LogP contribution in [-0.4, -0.2) is 39.0 Å². The molecular formula is C26H30N4O. The van der Waals surface area contributed by atoms with Crippen molar-refractivity contribution in [3.8, 4) is 0 Å². The number of nitrogens with one attached hydrogen (secondary N) is 1. The zero-order valence-corrected chi connectivity index (χ0v) is 18.1. The van der Waals surface area contributed by atoms with Gasteiger partial charge in [-0.3, -0.25) is 9.69 Å². The van der Waals surface area contributed by atoms with Gasteiger partial charge in [0.15, 0.2) is 0 Å². The number of hydrogen-bond donors (Lipinski definition) is 1. The molecular weight excluding hydrogens is 384 g/mol. The Hall–Kier alpha value is -2.40. The summed E-state index contributed by atoms with van der Waals surface area (Å²) >= 11 is 0. The number of benzene rings is 1. The second-order valence-corrected chi connectivity index (χ2v) is 10.4. The van der Waals surface area contributed by atoms with Gasteiger partial charge >= 0.3 is 0 Å². The van der Waals surface area contributed by atoms with Gasteiger partial charge in [-0.15, -0.1) is 0 Å². The highest BCUT2D eigenvalue weighted by Crippen LogP contribution is 2.74. The van der Waals surface area contributed by atoms with Crippen molar-refractivity contribution >= 4 is 12.0 Å². The highest BCUT2D eigenvalue weighted by molar-refractivity contribution is 5.73. The molecule has 5 nitrogen and oxygen atoms in total. The van der Waals surface area contributed by atoms with Crippen molar-refractivity contribution < 1.29 is 4.79 Å². The molecule has 1 N–H and O–H groups in total. The molecule has 5 unspecified atom stereocenters. The Bertz CT molecular complexity index is 1090. The fourth-order valence-corrected chi connectivity index (χ4v) is 7.90. The lowest BCUT2D eigenvalue weighted by molar-refractivity contribution is -0.205. The van der Waals surface area contributed by atoms with Gasteiger partial charge in [0.25, 0.3) is 0 Å². The lowest BCUT2D eigenvalue weighted by atomic mass is 9.48. The van der Waals surface area contributed by atoms with Crippen LogP contribution in [0.3, 0.4) is 0 Å². The highest BCUT2D eigenvalue weighted by Gasteiger charge is 2.75. The predicted molar refractivity (Wildman–Crippen MR) is 120 cm³/mol. The van der Waals surface area contributed by atoms with Gasteiger partial charge in [-0.2, -0.15) is 0 Å². The Balaban J connectivity index is 1.16. The molecule has 3 fully saturated rings. The molecule has 1 spiro atoms. The lowest BCUT2D eigenvalue weighted by Crippen LogP contribution is -2.77. The Morgan fingerprint density at radius 2 is 2.16 bits per heavy atom. The molecule has 1 aromatic heterocycles. The number of likely N-dealkylation sites (tertiary alicyclic amines) is 1. The summed E-state index contributed by atoms with van der Waals surface area (Å²) in [4.78, 5) is 19.9. The van der Waals surface area contributed by atoms with E-state index in [1.165, 1.54) is 42.0 Å². The number of fused-ring (bicyclic) bond motifs is 8. The van der Waals surface area contributed by atoms with Crippen LogP contribution in [0.2, 0.25) is 0 Å². The van der Waals surface area contributed by atoms with Crippen LogP contribution in [0.5, 0.6) is 0 Å². The van der Waals surface area contributed by atoms with E-state index in [0.29, 0.717) is 29.5 Å². The average Bonchev–Trinajstić information content (AvgIpc) is 3.24. The number of nitrogens with zero attached hydrogens (tertiary/aromatic N) is 3. The van der Waals surface area contributed by atoms with Gasteiger partial charge < -0.3 is 9.88 Å². The number of imidazole rings is 1. The summed E-state index contributed by atoms with van der Waals surface area (Å²) in [5, 5.41) is 3.19. The first-order valence-electron chi connectivity index (χ1n) is 12.0. The third-order valence-corrected chi connectivity index (χ3v) is 8.93. The van der Waals surface area contributed by atoms with Gasteiger partial charge in [0.1, 0.15) is 5.82 Å². The number of aromatic nitrogens is 2. The van der Waals surface area contributed by atoms with Crippen molar-refractivity contribution in [3.63, 3.8) is 0 Å². The number of rotatable bonds is 5. The molecule has 3 heterocycles. The third-order valence-electron chi connectivity index (χ3n) is 8.93. The Labute approximate surface area is 183 Å². The van der Waals surface area contributed by atoms with Crippen molar-refractivity contribution in [1.29, 1.82) is 0 Å². The van der Waals surface area contributed by atoms with Gasteiger partial charge in [0, 0.05) is 42.9 Å². The number of aryl methyl sites for hydroxylation is 1. The van der Waals surface area contributed by atoms with Crippen molar-refractivity contribution in [2.75, 3.05) is 6.54 Å². The number of allylic oxidation sites excluding steroid dienone is 1. The molecule has 5 heteroatoms. The number of amides is 1. The monoisotopic (exact) mass is 414 g/mol. The molecule has 0 radical (unpaired) electrons. The van der Waals surface area contributed by atoms with E-state index in [9.17, 15) is 4.79 Å². The van der Waals surface area contributed by atoms with Crippen LogP contribution in [0.15, 0.2) is 36.4 Å². The van der Waals surface area contributed by atoms with E-state index in [-0.39, 0.29) is 11.9 Å². The smallest absolute Gasteiger partial charge is 0.217 e. The van der Waals surface area contributed by atoms with Gasteiger partial charge in [0.05, 0.1) is 17.4 Å². The predicted octanol–water partition coefficient (Wildman–Crippen LogP) is 3.99. The summed E-state index contributed by atoms with van der Waals surface area (Å²) in [5.74, 6) is 2.02. The number of carbonyl (C=O) groups is 1. The molecule has 2 aromatic rings. The first-order valence-corrected chi connectivity index (χ1v) is 12.0. The third kappa shape index (κ3) is 2.36. The molecule has 31 heavy (non-hydrogen) atoms. The van der Waals surface area contributed by atoms with Crippen molar-refractivity contribution in [1.82, 2.24) is 19.8 Å². The molecule has 1 aromatic carbocycles. The minimum atomic E-state index is 0.0519. The SMILES string of the molecule is CC(=O)N[C@@H](CCN1C2CC3CC24CC(c2nc5c(n23)C=CCC5)C14)c1ccccc1. The first kappa shape index (κ1) is 18.2. The zero-order valence-electron chi connectivity index (χ0n) is 18.1. The molecule has 3 aliphatic carbocycles. The van der Waals surface area contributed by atoms with E-state index in [0.717, 1.165) is 25.8 Å². The van der Waals surface area contributed by atoms with E-state index in [1.54, 1.807) is 6.92 Å². The lowest BCUT2D eigenvalue weighted by Gasteiger charge is -2.71. The van der Waals surface area contributed by atoms with Gasteiger partial charge in [0.2, 0.25) is 5.91 Å². The van der Waals surface area contributed by atoms with Gasteiger partial charge in [-0.25, -0.2) is 4.98 Å². The molecule has 2 saturated carbocycles. The van der Waals surface area contributed by atoms with Gasteiger partial charge in [-0.1, -0.05) is 36.4 Å². The summed E-state index contributed by atoms with van der Waals surface area (Å²) in [7, 11) is 0. The van der Waals surface area contributed by atoms with Crippen LogP contribution in [0.1, 0.15) is 79.8 Å². The molecule has 2 aliphatic heterocycles. The Kier molecular flexibility index (Phi) is 3.71. The van der Waals surface area contributed by atoms with Crippen LogP contribution in [-0.2, 0) is 11.2 Å². The molecule has 6 atom stereocenters. The molecule has 160 valence electrons. The minimum absolute atomic E-state index is 0.0519. The standard InChI is InChI=1S/C26H30N4O/c1-16(31)27-20(17-7-3-2-4-8-17)11-12-29-23-13-18-14-26(23)15-19(24(26)29)25-28-21-9-5-6-10-22(21)30(18)25/h2-4,6-8,10,18-20,23-24H,5,9,11-15H2,1H3,(H,27,31)/t18?,19?,20-,23?,24?,26?/m0/s1. The average molecular weight is 415 g/mol. The second-order valence-electron chi connectivity index (χ2n) is 10.4. The van der Waals surface area contributed by atoms with Crippen molar-refractivity contribution in [2.24, 2.45) is 5.41 Å². The summed E-state index contributed by atoms with van der Waals surface area (Å²) in [6, 6.07) is 12.5. The van der Waals surface area contributed by atoms with Crippen molar-refractivity contribution in [2.45, 2.75) is 75.5 Å². The number of hydrogen-bond acceptors (Lipinski definition) is 3. The number of piperidine rings is 1. The van der Waals surface area contributed by atoms with E-state index in [1.807, 2.05) is 6.07 Å². The largest absolute Gasteiger partial charge is 0.349 e. The van der Waals surface area contributed by atoms with E-state index < -0.39 is 0 Å². The Morgan fingerprint density at radius 1 is 1.29 bits per heavy atom. The fraction of sp³-hybridized carbons (Fsp3) is 0.538. The normalized spacial score (nSPS) is 34.7. The maximum atomic E-state index is 11.9. The van der Waals surface area contributed by atoms with Gasteiger partial charge in [-0.05, 0) is 50.2 Å². The quantitative estimate of drug-likeness (QED) is 0.805. The van der Waals surface area contributed by atoms with E-state index in [2.05, 4.69) is 51.2 Å². The second kappa shape index (κ2) is 6.32. The summed E-state index contributed by atoms with van der Waals surface area (Å²) < 4.78 is 2.65. The van der Waals surface area contributed by atoms with Crippen LogP contribution in [0.25, 0.3) is 6.08 Å². The molecule has 3 bridgehead atoms. The first-order chi connectivity index (χ1) is 15.2. The molecule has 5 aliphatic rings. The topological polar surface area (TPSA) is 50.2 Å². The van der Waals surface area contributed by atoms with E-state index in [4.69, 9.17) is 4.98 Å². The summed E-state index contributed by atoms with van der Waals surface area (Å²) in [6.07, 6.45) is 11.8. The molecule has 1 amide bonds. The fourth-order valence-electron chi connectivity index (χ4n) is 7.90. The number of carbonyl (C=O) groups excluding carboxylic acids is 1. The summed E-state index contributed by atoms with van der Waals surface area (Å²) in [6.45, 7) is 2.68. The van der Waals surface area contributed by atoms with E-state index >= 15 is 0 Å². The maximum Gasteiger partial charge on any atom is 0.217 e. The minimum Gasteiger partial charge on any atom is -0.349 e. The van der Waals surface area contributed by atoms with Crippen LogP contribution >= 0.6 is 0 Å².